The van der Waals surface area contributed by atoms with Crippen LogP contribution in [-0.2, 0) is 11.0 Å². The Morgan fingerprint density at radius 3 is 2.00 bits per heavy atom. The second-order valence-electron chi connectivity index (χ2n) is 8.46. The van der Waals surface area contributed by atoms with E-state index in [0.717, 1.165) is 54.9 Å². The molecule has 0 radical (unpaired) electrons. The third kappa shape index (κ3) is 5.24. The summed E-state index contributed by atoms with van der Waals surface area (Å²) in [6.45, 7) is 3.00. The van der Waals surface area contributed by atoms with Crippen LogP contribution in [-0.4, -0.2) is 42.4 Å². The minimum atomic E-state index is -4.33. The topological polar surface area (TPSA) is 23.6 Å². The van der Waals surface area contributed by atoms with Gasteiger partial charge in [-0.3, -0.25) is 4.79 Å². The number of nitrogens with zero attached hydrogens (tertiary/aromatic N) is 2. The molecule has 3 nitrogen and oxygen atoms in total. The van der Waals surface area contributed by atoms with E-state index >= 15 is 0 Å². The Balaban J connectivity index is 0.00000272. The average Bonchev–Trinajstić information content (AvgIpc) is 3.03. The molecule has 2 atom stereocenters. The third-order valence-electron chi connectivity index (χ3n) is 6.44. The molecule has 2 aromatic carbocycles. The second kappa shape index (κ2) is 9.61. The Morgan fingerprint density at radius 1 is 0.903 bits per heavy atom. The maximum Gasteiger partial charge on any atom is 0.416 e. The summed E-state index contributed by atoms with van der Waals surface area (Å²) >= 11 is 0. The van der Waals surface area contributed by atoms with Crippen LogP contribution in [0.25, 0.3) is 11.1 Å². The molecule has 0 unspecified atom stereocenters. The van der Waals surface area contributed by atoms with Crippen molar-refractivity contribution in [3.05, 3.63) is 59.7 Å². The van der Waals surface area contributed by atoms with Crippen molar-refractivity contribution >= 4 is 18.3 Å². The molecule has 0 saturated carbocycles. The number of carbonyl (C=O) groups excluding carboxylic acids is 1. The highest BCUT2D eigenvalue weighted by Gasteiger charge is 2.38. The summed E-state index contributed by atoms with van der Waals surface area (Å²) in [6, 6.07) is 13.1. The zero-order valence-corrected chi connectivity index (χ0v) is 18.4. The normalized spacial score (nSPS) is 22.5. The van der Waals surface area contributed by atoms with Gasteiger partial charge in [0.2, 0.25) is 5.91 Å². The second-order valence-corrected chi connectivity index (χ2v) is 8.46. The van der Waals surface area contributed by atoms with E-state index in [1.165, 1.54) is 31.4 Å². The first-order valence-corrected chi connectivity index (χ1v) is 10.6. The van der Waals surface area contributed by atoms with Crippen LogP contribution in [0.2, 0.25) is 0 Å². The summed E-state index contributed by atoms with van der Waals surface area (Å²) in [4.78, 5) is 17.0. The summed E-state index contributed by atoms with van der Waals surface area (Å²) in [5, 5.41) is 0. The van der Waals surface area contributed by atoms with Crippen molar-refractivity contribution in [3.63, 3.8) is 0 Å². The van der Waals surface area contributed by atoms with Crippen molar-refractivity contribution in [2.24, 2.45) is 5.92 Å². The number of piperidine rings is 1. The smallest absolute Gasteiger partial charge is 0.338 e. The number of carbonyl (C=O) groups is 1. The van der Waals surface area contributed by atoms with Gasteiger partial charge in [0.25, 0.3) is 0 Å². The number of benzene rings is 2. The van der Waals surface area contributed by atoms with E-state index in [4.69, 9.17) is 0 Å². The number of hydrogen-bond donors (Lipinski definition) is 0. The molecule has 31 heavy (non-hydrogen) atoms. The van der Waals surface area contributed by atoms with Gasteiger partial charge in [-0.25, -0.2) is 0 Å². The molecule has 0 bridgehead atoms. The maximum absolute atomic E-state index is 12.8. The summed E-state index contributed by atoms with van der Waals surface area (Å²) in [6.07, 6.45) is 0.193. The number of rotatable bonds is 4. The van der Waals surface area contributed by atoms with Crippen LogP contribution in [0.1, 0.15) is 42.9 Å². The van der Waals surface area contributed by atoms with Crippen molar-refractivity contribution in [1.29, 1.82) is 0 Å². The minimum absolute atomic E-state index is 0. The number of likely N-dealkylation sites (tertiary alicyclic amines) is 2. The quantitative estimate of drug-likeness (QED) is 0.585. The lowest BCUT2D eigenvalue weighted by Crippen LogP contribution is -2.36. The van der Waals surface area contributed by atoms with Crippen LogP contribution >= 0.6 is 12.4 Å². The van der Waals surface area contributed by atoms with Crippen molar-refractivity contribution < 1.29 is 18.0 Å². The maximum atomic E-state index is 12.8. The fraction of sp³-hybridized carbons (Fsp3) is 0.458. The molecule has 4 rings (SSSR count). The highest BCUT2D eigenvalue weighted by molar-refractivity contribution is 5.85. The monoisotopic (exact) mass is 452 g/mol. The van der Waals surface area contributed by atoms with Gasteiger partial charge in [0.15, 0.2) is 0 Å². The minimum Gasteiger partial charge on any atom is -0.338 e. The van der Waals surface area contributed by atoms with E-state index in [-0.39, 0.29) is 30.3 Å². The summed E-state index contributed by atoms with van der Waals surface area (Å²) < 4.78 is 38.3. The third-order valence-corrected chi connectivity index (χ3v) is 6.44. The van der Waals surface area contributed by atoms with E-state index in [1.807, 2.05) is 36.2 Å². The number of hydrogen-bond acceptors (Lipinski definition) is 2. The SMILES string of the molecule is CN1C(=O)[C@H](CN2CCCCC2)C[C@@H]1c1ccc(-c2ccc(C(F)(F)F)cc2)cc1.Cl. The molecule has 0 N–H and O–H groups in total. The van der Waals surface area contributed by atoms with Gasteiger partial charge < -0.3 is 9.80 Å². The van der Waals surface area contributed by atoms with Gasteiger partial charge in [-0.05, 0) is 61.2 Å². The van der Waals surface area contributed by atoms with E-state index in [2.05, 4.69) is 4.90 Å². The van der Waals surface area contributed by atoms with Gasteiger partial charge in [-0.1, -0.05) is 42.8 Å². The van der Waals surface area contributed by atoms with E-state index in [0.29, 0.717) is 0 Å². The summed E-state index contributed by atoms with van der Waals surface area (Å²) in [5.41, 5.74) is 2.04. The fourth-order valence-corrected chi connectivity index (χ4v) is 4.69. The number of amides is 1. The molecule has 7 heteroatoms. The van der Waals surface area contributed by atoms with Gasteiger partial charge in [-0.15, -0.1) is 12.4 Å². The number of halogens is 4. The lowest BCUT2D eigenvalue weighted by atomic mass is 9.96. The lowest BCUT2D eigenvalue weighted by molar-refractivity contribution is -0.137. The van der Waals surface area contributed by atoms with Gasteiger partial charge in [-0.2, -0.15) is 13.2 Å². The van der Waals surface area contributed by atoms with Gasteiger partial charge >= 0.3 is 6.18 Å². The molecule has 2 heterocycles. The molecule has 2 aliphatic rings. The van der Waals surface area contributed by atoms with Crippen molar-refractivity contribution in [1.82, 2.24) is 9.80 Å². The molecule has 2 fully saturated rings. The van der Waals surface area contributed by atoms with Crippen LogP contribution in [0.15, 0.2) is 48.5 Å². The highest BCUT2D eigenvalue weighted by atomic mass is 35.5. The van der Waals surface area contributed by atoms with E-state index in [1.54, 1.807) is 0 Å². The van der Waals surface area contributed by atoms with Crippen LogP contribution in [0.4, 0.5) is 13.2 Å². The Labute approximate surface area is 187 Å². The Bertz CT molecular complexity index is 877. The van der Waals surface area contributed by atoms with Crippen LogP contribution < -0.4 is 0 Å². The molecule has 2 saturated heterocycles. The summed E-state index contributed by atoms with van der Waals surface area (Å²) in [5.74, 6) is 0.241. The van der Waals surface area contributed by atoms with Crippen molar-refractivity contribution in [3.8, 4) is 11.1 Å². The van der Waals surface area contributed by atoms with Gasteiger partial charge in [0.1, 0.15) is 0 Å². The van der Waals surface area contributed by atoms with Gasteiger partial charge in [0, 0.05) is 13.6 Å². The first-order chi connectivity index (χ1) is 14.3. The molecular formula is C24H28ClF3N2O. The fourth-order valence-electron chi connectivity index (χ4n) is 4.69. The standard InChI is InChI=1S/C24H27F3N2O.ClH/c1-28-22(15-20(23(28)30)16-29-13-3-2-4-14-29)19-7-5-17(6-8-19)18-9-11-21(12-10-18)24(25,26)27;/h5-12,20,22H,2-4,13-16H2,1H3;1H/t20-,22+;/m0./s1. The Morgan fingerprint density at radius 2 is 1.45 bits per heavy atom. The van der Waals surface area contributed by atoms with Gasteiger partial charge in [0.05, 0.1) is 17.5 Å². The average molecular weight is 453 g/mol. The molecule has 2 aliphatic heterocycles. The highest BCUT2D eigenvalue weighted by Crippen LogP contribution is 2.37. The van der Waals surface area contributed by atoms with Crippen molar-refractivity contribution in [2.45, 2.75) is 37.9 Å². The molecule has 0 aliphatic carbocycles. The first kappa shape index (κ1) is 23.6. The first-order valence-electron chi connectivity index (χ1n) is 10.6. The predicted molar refractivity (Wildman–Crippen MR) is 118 cm³/mol. The Kier molecular flexibility index (Phi) is 7.32. The van der Waals surface area contributed by atoms with Crippen LogP contribution in [0, 0.1) is 5.92 Å². The molecule has 168 valence electrons. The lowest BCUT2D eigenvalue weighted by Gasteiger charge is -2.28. The van der Waals surface area contributed by atoms with E-state index < -0.39 is 11.7 Å². The van der Waals surface area contributed by atoms with Crippen LogP contribution in [0.3, 0.4) is 0 Å². The largest absolute Gasteiger partial charge is 0.416 e. The molecule has 2 aromatic rings. The zero-order chi connectivity index (χ0) is 21.3. The van der Waals surface area contributed by atoms with Crippen molar-refractivity contribution in [2.75, 3.05) is 26.7 Å². The predicted octanol–water partition coefficient (Wildman–Crippen LogP) is 5.80. The molecule has 0 spiro atoms. The zero-order valence-electron chi connectivity index (χ0n) is 17.6. The molecule has 0 aromatic heterocycles. The summed E-state index contributed by atoms with van der Waals surface area (Å²) in [7, 11) is 1.87. The molecular weight excluding hydrogens is 425 g/mol. The van der Waals surface area contributed by atoms with Crippen LogP contribution in [0.5, 0.6) is 0 Å². The number of alkyl halides is 3. The van der Waals surface area contributed by atoms with E-state index in [9.17, 15) is 18.0 Å². The molecule has 1 amide bonds. The Hall–Kier alpha value is -2.05.